The molecular weight excluding hydrogens is 236 g/mol. The number of rotatable bonds is 3. The lowest BCUT2D eigenvalue weighted by Crippen LogP contribution is -2.56. The van der Waals surface area contributed by atoms with Gasteiger partial charge in [-0.3, -0.25) is 4.98 Å². The van der Waals surface area contributed by atoms with Crippen LogP contribution in [0.4, 0.5) is 14.5 Å². The number of piperidine rings is 1. The lowest BCUT2D eigenvalue weighted by molar-refractivity contribution is -0.0402. The Labute approximate surface area is 106 Å². The zero-order valence-corrected chi connectivity index (χ0v) is 10.8. The maximum Gasteiger partial charge on any atom is 0.280 e. The van der Waals surface area contributed by atoms with E-state index in [0.717, 1.165) is 17.8 Å². The molecule has 0 bridgehead atoms. The van der Waals surface area contributed by atoms with Gasteiger partial charge in [0.05, 0.1) is 24.5 Å². The fourth-order valence-electron chi connectivity index (χ4n) is 2.33. The van der Waals surface area contributed by atoms with E-state index in [4.69, 9.17) is 0 Å². The van der Waals surface area contributed by atoms with Crippen molar-refractivity contribution in [1.82, 2.24) is 10.3 Å². The third-order valence-electron chi connectivity index (χ3n) is 3.48. The number of halogens is 2. The molecule has 1 aromatic rings. The van der Waals surface area contributed by atoms with Gasteiger partial charge in [-0.05, 0) is 32.0 Å². The first-order valence-electron chi connectivity index (χ1n) is 6.32. The summed E-state index contributed by atoms with van der Waals surface area (Å²) >= 11 is 0. The Hall–Kier alpha value is -1.23. The van der Waals surface area contributed by atoms with Crippen molar-refractivity contribution >= 4 is 5.69 Å². The van der Waals surface area contributed by atoms with Crippen LogP contribution in [-0.2, 0) is 6.42 Å². The fourth-order valence-corrected chi connectivity index (χ4v) is 2.33. The average Bonchev–Trinajstić information content (AvgIpc) is 2.37. The standard InChI is InChI=1S/C13H19F2N3/c1-3-10-4-5-11(8-17-10)18-7-6-12(16-2)13(14,15)9-18/h4-5,8,12,16H,3,6-7,9H2,1-2H3/t12-/m0/s1. The molecule has 2 rings (SSSR count). The Kier molecular flexibility index (Phi) is 3.80. The molecule has 1 aromatic heterocycles. The van der Waals surface area contributed by atoms with E-state index in [1.165, 1.54) is 0 Å². The summed E-state index contributed by atoms with van der Waals surface area (Å²) in [6.07, 6.45) is 2.99. The van der Waals surface area contributed by atoms with Crippen LogP contribution < -0.4 is 10.2 Å². The molecule has 0 aliphatic carbocycles. The van der Waals surface area contributed by atoms with Gasteiger partial charge >= 0.3 is 0 Å². The monoisotopic (exact) mass is 255 g/mol. The molecule has 18 heavy (non-hydrogen) atoms. The van der Waals surface area contributed by atoms with Crippen molar-refractivity contribution in [3.05, 3.63) is 24.0 Å². The van der Waals surface area contributed by atoms with Gasteiger partial charge in [0.15, 0.2) is 0 Å². The highest BCUT2D eigenvalue weighted by Gasteiger charge is 2.43. The van der Waals surface area contributed by atoms with E-state index in [9.17, 15) is 8.78 Å². The van der Waals surface area contributed by atoms with Crippen LogP contribution in [0.5, 0.6) is 0 Å². The molecule has 3 nitrogen and oxygen atoms in total. The zero-order valence-electron chi connectivity index (χ0n) is 10.8. The van der Waals surface area contributed by atoms with Gasteiger partial charge in [0.25, 0.3) is 5.92 Å². The third-order valence-corrected chi connectivity index (χ3v) is 3.48. The molecule has 5 heteroatoms. The van der Waals surface area contributed by atoms with Crippen LogP contribution in [0.3, 0.4) is 0 Å². The average molecular weight is 255 g/mol. The SMILES string of the molecule is CCc1ccc(N2CC[C@H](NC)C(F)(F)C2)cn1. The van der Waals surface area contributed by atoms with Crippen LogP contribution >= 0.6 is 0 Å². The second-order valence-electron chi connectivity index (χ2n) is 4.67. The maximum atomic E-state index is 13.8. The second kappa shape index (κ2) is 5.18. The summed E-state index contributed by atoms with van der Waals surface area (Å²) in [6, 6.07) is 3.05. The third kappa shape index (κ3) is 2.61. The van der Waals surface area contributed by atoms with E-state index in [1.807, 2.05) is 19.1 Å². The van der Waals surface area contributed by atoms with Crippen molar-refractivity contribution in [1.29, 1.82) is 0 Å². The van der Waals surface area contributed by atoms with E-state index in [-0.39, 0.29) is 6.54 Å². The minimum atomic E-state index is -2.70. The maximum absolute atomic E-state index is 13.8. The molecule has 1 saturated heterocycles. The molecule has 0 unspecified atom stereocenters. The van der Waals surface area contributed by atoms with Crippen LogP contribution in [0.2, 0.25) is 0 Å². The first kappa shape index (κ1) is 13.2. The quantitative estimate of drug-likeness (QED) is 0.896. The summed E-state index contributed by atoms with van der Waals surface area (Å²) in [7, 11) is 1.59. The van der Waals surface area contributed by atoms with Crippen molar-refractivity contribution in [3.63, 3.8) is 0 Å². The van der Waals surface area contributed by atoms with Gasteiger partial charge in [-0.25, -0.2) is 8.78 Å². The molecule has 1 atom stereocenters. The zero-order chi connectivity index (χ0) is 13.2. The normalized spacial score (nSPS) is 23.1. The Balaban J connectivity index is 2.10. The summed E-state index contributed by atoms with van der Waals surface area (Å²) < 4.78 is 27.7. The van der Waals surface area contributed by atoms with Gasteiger partial charge in [-0.2, -0.15) is 0 Å². The highest BCUT2D eigenvalue weighted by atomic mass is 19.3. The van der Waals surface area contributed by atoms with Crippen molar-refractivity contribution in [2.75, 3.05) is 25.0 Å². The number of aryl methyl sites for hydroxylation is 1. The first-order valence-corrected chi connectivity index (χ1v) is 6.32. The minimum Gasteiger partial charge on any atom is -0.364 e. The van der Waals surface area contributed by atoms with E-state index in [1.54, 1.807) is 18.1 Å². The summed E-state index contributed by atoms with van der Waals surface area (Å²) in [6.45, 7) is 2.41. The van der Waals surface area contributed by atoms with Crippen molar-refractivity contribution in [3.8, 4) is 0 Å². The Bertz CT molecular complexity index is 392. The number of nitrogens with zero attached hydrogens (tertiary/aromatic N) is 2. The molecule has 0 aromatic carbocycles. The molecule has 0 amide bonds. The van der Waals surface area contributed by atoms with Crippen LogP contribution in [0.25, 0.3) is 0 Å². The molecule has 1 aliphatic heterocycles. The molecule has 0 radical (unpaired) electrons. The summed E-state index contributed by atoms with van der Waals surface area (Å²) in [5.74, 6) is -2.70. The Morgan fingerprint density at radius 2 is 2.28 bits per heavy atom. The Morgan fingerprint density at radius 3 is 2.78 bits per heavy atom. The number of nitrogens with one attached hydrogen (secondary N) is 1. The molecule has 1 N–H and O–H groups in total. The van der Waals surface area contributed by atoms with Crippen LogP contribution in [0.15, 0.2) is 18.3 Å². The predicted octanol–water partition coefficient (Wildman–Crippen LogP) is 2.08. The van der Waals surface area contributed by atoms with Gasteiger partial charge in [0.2, 0.25) is 0 Å². The molecule has 100 valence electrons. The first-order chi connectivity index (χ1) is 8.56. The molecule has 0 saturated carbocycles. The minimum absolute atomic E-state index is 0.244. The smallest absolute Gasteiger partial charge is 0.280 e. The van der Waals surface area contributed by atoms with Crippen molar-refractivity contribution in [2.24, 2.45) is 0 Å². The number of anilines is 1. The molecular formula is C13H19F2N3. The van der Waals surface area contributed by atoms with Crippen LogP contribution in [0.1, 0.15) is 19.0 Å². The second-order valence-corrected chi connectivity index (χ2v) is 4.67. The largest absolute Gasteiger partial charge is 0.364 e. The molecule has 2 heterocycles. The van der Waals surface area contributed by atoms with E-state index >= 15 is 0 Å². The lowest BCUT2D eigenvalue weighted by atomic mass is 10.0. The topological polar surface area (TPSA) is 28.2 Å². The van der Waals surface area contributed by atoms with Crippen LogP contribution in [0, 0.1) is 0 Å². The Morgan fingerprint density at radius 1 is 1.50 bits per heavy atom. The number of hydrogen-bond acceptors (Lipinski definition) is 3. The summed E-state index contributed by atoms with van der Waals surface area (Å²) in [5, 5.41) is 2.69. The van der Waals surface area contributed by atoms with Gasteiger partial charge in [0, 0.05) is 12.2 Å². The highest BCUT2D eigenvalue weighted by Crippen LogP contribution is 2.30. The molecule has 0 spiro atoms. The number of aromatic nitrogens is 1. The predicted molar refractivity (Wildman–Crippen MR) is 68.2 cm³/mol. The summed E-state index contributed by atoms with van der Waals surface area (Å²) in [5.41, 5.74) is 1.76. The lowest BCUT2D eigenvalue weighted by Gasteiger charge is -2.39. The van der Waals surface area contributed by atoms with Gasteiger partial charge in [0.1, 0.15) is 0 Å². The molecule has 1 aliphatic rings. The van der Waals surface area contributed by atoms with E-state index in [2.05, 4.69) is 10.3 Å². The summed E-state index contributed by atoms with van der Waals surface area (Å²) in [4.78, 5) is 5.97. The van der Waals surface area contributed by atoms with Crippen LogP contribution in [-0.4, -0.2) is 37.1 Å². The number of hydrogen-bond donors (Lipinski definition) is 1. The highest BCUT2D eigenvalue weighted by molar-refractivity contribution is 5.45. The fraction of sp³-hybridized carbons (Fsp3) is 0.615. The van der Waals surface area contributed by atoms with Gasteiger partial charge < -0.3 is 10.2 Å². The van der Waals surface area contributed by atoms with E-state index in [0.29, 0.717) is 13.0 Å². The van der Waals surface area contributed by atoms with Crippen molar-refractivity contribution in [2.45, 2.75) is 31.7 Å². The van der Waals surface area contributed by atoms with Gasteiger partial charge in [-0.1, -0.05) is 6.92 Å². The number of pyridine rings is 1. The van der Waals surface area contributed by atoms with Crippen molar-refractivity contribution < 1.29 is 8.78 Å². The van der Waals surface area contributed by atoms with E-state index < -0.39 is 12.0 Å². The van der Waals surface area contributed by atoms with Gasteiger partial charge in [-0.15, -0.1) is 0 Å². The molecule has 1 fully saturated rings. The number of alkyl halides is 2.